The molecular formula is C15H14ClN3O5S. The Balaban J connectivity index is 2.64. The maximum Gasteiger partial charge on any atom is 0.271 e. The van der Waals surface area contributed by atoms with Gasteiger partial charge in [0.1, 0.15) is 6.54 Å². The topological polar surface area (TPSA) is 124 Å². The third-order valence-electron chi connectivity index (χ3n) is 3.32. The second-order valence-corrected chi connectivity index (χ2v) is 7.45. The van der Waals surface area contributed by atoms with Crippen LogP contribution in [0, 0.1) is 17.0 Å². The summed E-state index contributed by atoms with van der Waals surface area (Å²) in [6.07, 6.45) is 0. The Hall–Kier alpha value is -2.65. The molecule has 132 valence electrons. The number of aryl methyl sites for hydroxylation is 1. The standard InChI is InChI=1S/C15H14ClN3O5S/c1-10-2-5-12(6-3-10)25(23,24)18(9-15(17)20)14-8-11(19(21)22)4-7-13(14)16/h2-8H,9H2,1H3,(H2,17,20). The SMILES string of the molecule is Cc1ccc(S(=O)(=O)N(CC(N)=O)c2cc([N+](=O)[O-])ccc2Cl)cc1. The van der Waals surface area contributed by atoms with Crippen LogP contribution in [0.4, 0.5) is 11.4 Å². The third kappa shape index (κ3) is 4.06. The average Bonchev–Trinajstić information content (AvgIpc) is 2.53. The van der Waals surface area contributed by atoms with E-state index in [4.69, 9.17) is 17.3 Å². The first kappa shape index (κ1) is 18.7. The van der Waals surface area contributed by atoms with E-state index in [0.29, 0.717) is 4.31 Å². The second kappa shape index (κ2) is 7.08. The number of carbonyl (C=O) groups excluding carboxylic acids is 1. The highest BCUT2D eigenvalue weighted by Gasteiger charge is 2.29. The summed E-state index contributed by atoms with van der Waals surface area (Å²) in [5.74, 6) is -0.932. The van der Waals surface area contributed by atoms with Gasteiger partial charge in [-0.25, -0.2) is 8.42 Å². The molecule has 2 N–H and O–H groups in total. The van der Waals surface area contributed by atoms with Gasteiger partial charge in [0.2, 0.25) is 5.91 Å². The summed E-state index contributed by atoms with van der Waals surface area (Å²) in [6, 6.07) is 9.21. The van der Waals surface area contributed by atoms with Crippen molar-refractivity contribution < 1.29 is 18.1 Å². The molecule has 0 unspecified atom stereocenters. The van der Waals surface area contributed by atoms with Crippen molar-refractivity contribution in [3.63, 3.8) is 0 Å². The number of nitro benzene ring substituents is 1. The van der Waals surface area contributed by atoms with Crippen LogP contribution in [-0.2, 0) is 14.8 Å². The van der Waals surface area contributed by atoms with Gasteiger partial charge in [-0.1, -0.05) is 29.3 Å². The van der Waals surface area contributed by atoms with Gasteiger partial charge in [-0.15, -0.1) is 0 Å². The minimum atomic E-state index is -4.21. The fraction of sp³-hybridized carbons (Fsp3) is 0.133. The molecule has 2 aromatic rings. The molecule has 0 aliphatic heterocycles. The van der Waals surface area contributed by atoms with Gasteiger partial charge in [0.15, 0.2) is 0 Å². The second-order valence-electron chi connectivity index (χ2n) is 5.18. The van der Waals surface area contributed by atoms with Gasteiger partial charge in [0.05, 0.1) is 20.5 Å². The number of nitrogens with zero attached hydrogens (tertiary/aromatic N) is 2. The number of nitrogens with two attached hydrogens (primary N) is 1. The molecule has 0 aromatic heterocycles. The Morgan fingerprint density at radius 2 is 1.84 bits per heavy atom. The van der Waals surface area contributed by atoms with Crippen LogP contribution in [0.3, 0.4) is 0 Å². The zero-order chi connectivity index (χ0) is 18.8. The molecule has 0 aliphatic carbocycles. The molecule has 0 atom stereocenters. The molecule has 0 bridgehead atoms. The van der Waals surface area contributed by atoms with Crippen LogP contribution >= 0.6 is 11.6 Å². The van der Waals surface area contributed by atoms with Crippen LogP contribution < -0.4 is 10.0 Å². The molecule has 2 rings (SSSR count). The highest BCUT2D eigenvalue weighted by Crippen LogP contribution is 2.33. The van der Waals surface area contributed by atoms with Gasteiger partial charge in [0, 0.05) is 12.1 Å². The molecule has 0 saturated carbocycles. The smallest absolute Gasteiger partial charge is 0.271 e. The summed E-state index contributed by atoms with van der Waals surface area (Å²) in [4.78, 5) is 21.6. The van der Waals surface area contributed by atoms with E-state index in [9.17, 15) is 23.3 Å². The third-order valence-corrected chi connectivity index (χ3v) is 5.41. The maximum absolute atomic E-state index is 12.9. The van der Waals surface area contributed by atoms with Gasteiger partial charge in [-0.2, -0.15) is 0 Å². The quantitative estimate of drug-likeness (QED) is 0.605. The number of nitro groups is 1. The lowest BCUT2D eigenvalue weighted by molar-refractivity contribution is -0.384. The van der Waals surface area contributed by atoms with Crippen LogP contribution in [0.25, 0.3) is 0 Å². The molecule has 2 aromatic carbocycles. The number of benzene rings is 2. The molecule has 0 spiro atoms. The van der Waals surface area contributed by atoms with Crippen LogP contribution in [-0.4, -0.2) is 25.8 Å². The maximum atomic E-state index is 12.9. The molecule has 10 heteroatoms. The van der Waals surface area contributed by atoms with E-state index < -0.39 is 27.4 Å². The molecular weight excluding hydrogens is 370 g/mol. The summed E-state index contributed by atoms with van der Waals surface area (Å²) >= 11 is 6.02. The largest absolute Gasteiger partial charge is 0.368 e. The van der Waals surface area contributed by atoms with Gasteiger partial charge in [0.25, 0.3) is 15.7 Å². The zero-order valence-corrected chi connectivity index (χ0v) is 14.6. The van der Waals surface area contributed by atoms with Gasteiger partial charge >= 0.3 is 0 Å². The van der Waals surface area contributed by atoms with Crippen molar-refractivity contribution in [3.05, 3.63) is 63.2 Å². The summed E-state index contributed by atoms with van der Waals surface area (Å²) in [5.41, 5.74) is 5.43. The Labute approximate surface area is 149 Å². The van der Waals surface area contributed by atoms with Crippen molar-refractivity contribution in [2.24, 2.45) is 5.73 Å². The number of hydrogen-bond donors (Lipinski definition) is 1. The number of hydrogen-bond acceptors (Lipinski definition) is 5. The fourth-order valence-corrected chi connectivity index (χ4v) is 3.80. The minimum Gasteiger partial charge on any atom is -0.368 e. The van der Waals surface area contributed by atoms with Crippen molar-refractivity contribution >= 4 is 38.9 Å². The number of non-ortho nitro benzene ring substituents is 1. The lowest BCUT2D eigenvalue weighted by Gasteiger charge is -2.24. The van der Waals surface area contributed by atoms with E-state index in [2.05, 4.69) is 0 Å². The Kier molecular flexibility index (Phi) is 5.29. The van der Waals surface area contributed by atoms with Crippen LogP contribution in [0.2, 0.25) is 5.02 Å². The molecule has 0 aliphatic rings. The molecule has 0 heterocycles. The highest BCUT2D eigenvalue weighted by molar-refractivity contribution is 7.92. The van der Waals surface area contributed by atoms with E-state index in [-0.39, 0.29) is 21.3 Å². The highest BCUT2D eigenvalue weighted by atomic mass is 35.5. The summed E-state index contributed by atoms with van der Waals surface area (Å²) in [5, 5.41) is 10.9. The van der Waals surface area contributed by atoms with Crippen molar-refractivity contribution in [3.8, 4) is 0 Å². The summed E-state index contributed by atoms with van der Waals surface area (Å²) in [7, 11) is -4.21. The predicted octanol–water partition coefficient (Wildman–Crippen LogP) is 2.24. The first-order valence-electron chi connectivity index (χ1n) is 6.94. The zero-order valence-electron chi connectivity index (χ0n) is 13.0. The number of anilines is 1. The molecule has 25 heavy (non-hydrogen) atoms. The first-order chi connectivity index (χ1) is 11.6. The number of halogens is 1. The monoisotopic (exact) mass is 383 g/mol. The Morgan fingerprint density at radius 1 is 1.24 bits per heavy atom. The van der Waals surface area contributed by atoms with Crippen LogP contribution in [0.5, 0.6) is 0 Å². The Morgan fingerprint density at radius 3 is 2.36 bits per heavy atom. The number of rotatable bonds is 6. The van der Waals surface area contributed by atoms with Gasteiger partial charge in [-0.05, 0) is 25.1 Å². The number of carbonyl (C=O) groups is 1. The van der Waals surface area contributed by atoms with Gasteiger partial charge < -0.3 is 5.73 Å². The summed E-state index contributed by atoms with van der Waals surface area (Å²) in [6.45, 7) is 1.08. The van der Waals surface area contributed by atoms with E-state index >= 15 is 0 Å². The van der Waals surface area contributed by atoms with Crippen molar-refractivity contribution in [1.82, 2.24) is 0 Å². The number of amides is 1. The van der Waals surface area contributed by atoms with Crippen LogP contribution in [0.1, 0.15) is 5.56 Å². The normalized spacial score (nSPS) is 11.1. The predicted molar refractivity (Wildman–Crippen MR) is 93.0 cm³/mol. The molecule has 1 amide bonds. The van der Waals surface area contributed by atoms with E-state index in [1.807, 2.05) is 0 Å². The van der Waals surface area contributed by atoms with E-state index in [1.54, 1.807) is 19.1 Å². The molecule has 0 radical (unpaired) electrons. The summed E-state index contributed by atoms with van der Waals surface area (Å²) < 4.78 is 26.5. The molecule has 0 fully saturated rings. The molecule has 8 nitrogen and oxygen atoms in total. The van der Waals surface area contributed by atoms with Crippen LogP contribution in [0.15, 0.2) is 47.4 Å². The van der Waals surface area contributed by atoms with E-state index in [1.165, 1.54) is 18.2 Å². The lowest BCUT2D eigenvalue weighted by atomic mass is 10.2. The van der Waals surface area contributed by atoms with Gasteiger partial charge in [-0.3, -0.25) is 19.2 Å². The number of primary amides is 1. The minimum absolute atomic E-state index is 0.0671. The number of sulfonamides is 1. The molecule has 0 saturated heterocycles. The average molecular weight is 384 g/mol. The fourth-order valence-electron chi connectivity index (χ4n) is 2.08. The first-order valence-corrected chi connectivity index (χ1v) is 8.76. The Bertz CT molecular complexity index is 929. The van der Waals surface area contributed by atoms with Crippen molar-refractivity contribution in [2.75, 3.05) is 10.8 Å². The van der Waals surface area contributed by atoms with Crippen molar-refractivity contribution in [2.45, 2.75) is 11.8 Å². The van der Waals surface area contributed by atoms with Crippen molar-refractivity contribution in [1.29, 1.82) is 0 Å². The van der Waals surface area contributed by atoms with E-state index in [0.717, 1.165) is 17.7 Å². The lowest BCUT2D eigenvalue weighted by Crippen LogP contribution is -2.38.